The van der Waals surface area contributed by atoms with Crippen molar-refractivity contribution in [2.45, 2.75) is 39.8 Å². The first kappa shape index (κ1) is 14.1. The van der Waals surface area contributed by atoms with Crippen LogP contribution in [-0.2, 0) is 0 Å². The van der Waals surface area contributed by atoms with E-state index in [1.54, 1.807) is 0 Å². The third-order valence-corrected chi connectivity index (χ3v) is 3.54. The SMILES string of the molecule is CC(C)Nc1cccc(N2CCN(C(C)C)CC2)n1. The van der Waals surface area contributed by atoms with E-state index in [1.165, 1.54) is 0 Å². The Morgan fingerprint density at radius 3 is 2.32 bits per heavy atom. The van der Waals surface area contributed by atoms with Crippen LogP contribution >= 0.6 is 0 Å². The van der Waals surface area contributed by atoms with Crippen molar-refractivity contribution in [3.63, 3.8) is 0 Å². The molecule has 4 nitrogen and oxygen atoms in total. The van der Waals surface area contributed by atoms with Gasteiger partial charge in [-0.2, -0.15) is 0 Å². The van der Waals surface area contributed by atoms with Gasteiger partial charge in [0.15, 0.2) is 0 Å². The number of hydrogen-bond donors (Lipinski definition) is 1. The largest absolute Gasteiger partial charge is 0.368 e. The summed E-state index contributed by atoms with van der Waals surface area (Å²) in [6, 6.07) is 7.29. The molecule has 0 spiro atoms. The van der Waals surface area contributed by atoms with Crippen molar-refractivity contribution in [3.05, 3.63) is 18.2 Å². The van der Waals surface area contributed by atoms with Gasteiger partial charge in [-0.1, -0.05) is 6.07 Å². The topological polar surface area (TPSA) is 31.4 Å². The van der Waals surface area contributed by atoms with Gasteiger partial charge in [-0.05, 0) is 39.8 Å². The van der Waals surface area contributed by atoms with E-state index in [2.05, 4.69) is 54.9 Å². The zero-order chi connectivity index (χ0) is 13.8. The highest BCUT2D eigenvalue weighted by atomic mass is 15.3. The summed E-state index contributed by atoms with van der Waals surface area (Å²) in [6.45, 7) is 13.2. The van der Waals surface area contributed by atoms with Gasteiger partial charge < -0.3 is 10.2 Å². The zero-order valence-electron chi connectivity index (χ0n) is 12.6. The monoisotopic (exact) mass is 262 g/mol. The molecule has 2 heterocycles. The van der Waals surface area contributed by atoms with E-state index in [0.29, 0.717) is 12.1 Å². The van der Waals surface area contributed by atoms with Gasteiger partial charge >= 0.3 is 0 Å². The van der Waals surface area contributed by atoms with Crippen LogP contribution in [0.5, 0.6) is 0 Å². The van der Waals surface area contributed by atoms with Crippen molar-refractivity contribution in [2.75, 3.05) is 36.4 Å². The summed E-state index contributed by atoms with van der Waals surface area (Å²) >= 11 is 0. The van der Waals surface area contributed by atoms with Crippen LogP contribution in [0, 0.1) is 0 Å². The van der Waals surface area contributed by atoms with E-state index in [1.807, 2.05) is 6.07 Å². The Balaban J connectivity index is 1.99. The van der Waals surface area contributed by atoms with Crippen LogP contribution in [0.1, 0.15) is 27.7 Å². The Hall–Kier alpha value is -1.29. The molecule has 0 atom stereocenters. The summed E-state index contributed by atoms with van der Waals surface area (Å²) in [5, 5.41) is 3.36. The van der Waals surface area contributed by atoms with E-state index >= 15 is 0 Å². The van der Waals surface area contributed by atoms with E-state index in [0.717, 1.165) is 37.8 Å². The molecule has 1 aliphatic rings. The van der Waals surface area contributed by atoms with Crippen molar-refractivity contribution in [3.8, 4) is 0 Å². The normalized spacial score (nSPS) is 17.3. The van der Waals surface area contributed by atoms with Gasteiger partial charge in [0, 0.05) is 38.3 Å². The maximum atomic E-state index is 4.70. The Kier molecular flexibility index (Phi) is 4.64. The smallest absolute Gasteiger partial charge is 0.131 e. The molecule has 0 bridgehead atoms. The van der Waals surface area contributed by atoms with Crippen LogP contribution in [0.3, 0.4) is 0 Å². The third-order valence-electron chi connectivity index (χ3n) is 3.54. The zero-order valence-corrected chi connectivity index (χ0v) is 12.6. The number of aromatic nitrogens is 1. The first-order valence-corrected chi connectivity index (χ1v) is 7.29. The Morgan fingerprint density at radius 2 is 1.74 bits per heavy atom. The van der Waals surface area contributed by atoms with Crippen LogP contribution in [0.25, 0.3) is 0 Å². The number of pyridine rings is 1. The van der Waals surface area contributed by atoms with Crippen molar-refractivity contribution in [1.29, 1.82) is 0 Å². The summed E-state index contributed by atoms with van der Waals surface area (Å²) < 4.78 is 0. The van der Waals surface area contributed by atoms with Gasteiger partial charge in [0.25, 0.3) is 0 Å². The lowest BCUT2D eigenvalue weighted by Crippen LogP contribution is -2.49. The fourth-order valence-corrected chi connectivity index (χ4v) is 2.44. The summed E-state index contributed by atoms with van der Waals surface area (Å²) in [5.74, 6) is 2.06. The second-order valence-corrected chi connectivity index (χ2v) is 5.80. The molecule has 1 aliphatic heterocycles. The molecule has 0 aromatic carbocycles. The maximum absolute atomic E-state index is 4.70. The van der Waals surface area contributed by atoms with E-state index in [-0.39, 0.29) is 0 Å². The highest BCUT2D eigenvalue weighted by molar-refractivity contribution is 5.47. The number of nitrogens with zero attached hydrogens (tertiary/aromatic N) is 3. The Labute approximate surface area is 116 Å². The molecule has 0 saturated carbocycles. The first-order valence-electron chi connectivity index (χ1n) is 7.29. The average Bonchev–Trinajstić information content (AvgIpc) is 2.38. The highest BCUT2D eigenvalue weighted by Crippen LogP contribution is 2.17. The predicted octanol–water partition coefficient (Wildman–Crippen LogP) is 2.43. The van der Waals surface area contributed by atoms with Crippen LogP contribution in [-0.4, -0.2) is 48.1 Å². The minimum absolute atomic E-state index is 0.417. The third kappa shape index (κ3) is 3.83. The van der Waals surface area contributed by atoms with Crippen molar-refractivity contribution < 1.29 is 0 Å². The minimum Gasteiger partial charge on any atom is -0.368 e. The molecule has 1 saturated heterocycles. The molecule has 19 heavy (non-hydrogen) atoms. The fraction of sp³-hybridized carbons (Fsp3) is 0.667. The number of rotatable bonds is 4. The average molecular weight is 262 g/mol. The van der Waals surface area contributed by atoms with Crippen LogP contribution < -0.4 is 10.2 Å². The lowest BCUT2D eigenvalue weighted by molar-refractivity contribution is 0.209. The number of anilines is 2. The van der Waals surface area contributed by atoms with Crippen LogP contribution in [0.4, 0.5) is 11.6 Å². The first-order chi connectivity index (χ1) is 9.06. The van der Waals surface area contributed by atoms with Gasteiger partial charge in [-0.25, -0.2) is 4.98 Å². The number of piperazine rings is 1. The lowest BCUT2D eigenvalue weighted by Gasteiger charge is -2.37. The molecular weight excluding hydrogens is 236 g/mol. The summed E-state index contributed by atoms with van der Waals surface area (Å²) in [7, 11) is 0. The molecule has 106 valence electrons. The minimum atomic E-state index is 0.417. The van der Waals surface area contributed by atoms with Crippen molar-refractivity contribution in [1.82, 2.24) is 9.88 Å². The lowest BCUT2D eigenvalue weighted by atomic mass is 10.2. The van der Waals surface area contributed by atoms with Crippen molar-refractivity contribution in [2.24, 2.45) is 0 Å². The fourth-order valence-electron chi connectivity index (χ4n) is 2.44. The number of hydrogen-bond acceptors (Lipinski definition) is 4. The summed E-state index contributed by atoms with van der Waals surface area (Å²) in [6.07, 6.45) is 0. The standard InChI is InChI=1S/C15H26N4/c1-12(2)16-14-6-5-7-15(17-14)19-10-8-18(9-11-19)13(3)4/h5-7,12-13H,8-11H2,1-4H3,(H,16,17). The molecule has 0 radical (unpaired) electrons. The molecule has 2 rings (SSSR count). The van der Waals surface area contributed by atoms with E-state index in [4.69, 9.17) is 4.98 Å². The van der Waals surface area contributed by atoms with Crippen molar-refractivity contribution >= 4 is 11.6 Å². The summed E-state index contributed by atoms with van der Waals surface area (Å²) in [5.41, 5.74) is 0. The van der Waals surface area contributed by atoms with Gasteiger partial charge in [0.05, 0.1) is 0 Å². The molecular formula is C15H26N4. The van der Waals surface area contributed by atoms with Gasteiger partial charge in [-0.3, -0.25) is 4.90 Å². The predicted molar refractivity (Wildman–Crippen MR) is 81.9 cm³/mol. The summed E-state index contributed by atoms with van der Waals surface area (Å²) in [4.78, 5) is 9.60. The van der Waals surface area contributed by atoms with Gasteiger partial charge in [-0.15, -0.1) is 0 Å². The maximum Gasteiger partial charge on any atom is 0.131 e. The quantitative estimate of drug-likeness (QED) is 0.903. The molecule has 0 aliphatic carbocycles. The van der Waals surface area contributed by atoms with Gasteiger partial charge in [0.1, 0.15) is 11.6 Å². The second-order valence-electron chi connectivity index (χ2n) is 5.80. The molecule has 1 N–H and O–H groups in total. The molecule has 0 unspecified atom stereocenters. The second kappa shape index (κ2) is 6.24. The van der Waals surface area contributed by atoms with E-state index in [9.17, 15) is 0 Å². The number of nitrogens with one attached hydrogen (secondary N) is 1. The van der Waals surface area contributed by atoms with Crippen LogP contribution in [0.15, 0.2) is 18.2 Å². The van der Waals surface area contributed by atoms with Gasteiger partial charge in [0.2, 0.25) is 0 Å². The Morgan fingerprint density at radius 1 is 1.05 bits per heavy atom. The van der Waals surface area contributed by atoms with Crippen LogP contribution in [0.2, 0.25) is 0 Å². The highest BCUT2D eigenvalue weighted by Gasteiger charge is 2.19. The molecule has 1 aromatic heterocycles. The molecule has 0 amide bonds. The molecule has 1 fully saturated rings. The van der Waals surface area contributed by atoms with E-state index < -0.39 is 0 Å². The molecule has 4 heteroatoms. The molecule has 1 aromatic rings. The Bertz CT molecular complexity index is 395.